The molecule has 3 N–H and O–H groups in total. The number of Topliss-reactive ketones (excluding diaryl/α,β-unsaturated/α-hetero) is 2. The highest BCUT2D eigenvalue weighted by Crippen LogP contribution is 2.13. The molecule has 0 amide bonds. The molecular weight excluding hydrogens is 235 g/mol. The predicted molar refractivity (Wildman–Crippen MR) is 72.7 cm³/mol. The predicted octanol–water partition coefficient (Wildman–Crippen LogP) is 1.19. The topological polar surface area (TPSA) is 94.8 Å². The lowest BCUT2D eigenvalue weighted by molar-refractivity contribution is -0.124. The maximum atomic E-state index is 10.5. The van der Waals surface area contributed by atoms with Crippen LogP contribution < -0.4 is 0 Å². The summed E-state index contributed by atoms with van der Waals surface area (Å²) in [4.78, 5) is 20.9. The van der Waals surface area contributed by atoms with Gasteiger partial charge in [0, 0.05) is 10.8 Å². The Labute approximate surface area is 110 Å². The van der Waals surface area contributed by atoms with Crippen molar-refractivity contribution in [3.63, 3.8) is 0 Å². The number of ketones is 2. The number of hydrogen-bond donors (Lipinski definition) is 3. The number of carbonyl (C=O) groups excluding carboxylic acids is 2. The van der Waals surface area contributed by atoms with Gasteiger partial charge in [0.05, 0.1) is 0 Å². The van der Waals surface area contributed by atoms with Crippen molar-refractivity contribution >= 4 is 18.9 Å². The Hall–Kier alpha value is -0.715. The highest BCUT2D eigenvalue weighted by molar-refractivity contribution is 6.30. The van der Waals surface area contributed by atoms with Crippen LogP contribution in [0, 0.1) is 10.8 Å². The highest BCUT2D eigenvalue weighted by atomic mass is 16.5. The molecule has 0 aromatic carbocycles. The van der Waals surface area contributed by atoms with Gasteiger partial charge in [-0.2, -0.15) is 0 Å². The van der Waals surface area contributed by atoms with E-state index in [9.17, 15) is 9.59 Å². The SMILES string of the molecule is CC(=O)C(C)(C)C.CC(=O)C(C)(C)C.OB(O)O. The molecule has 0 rings (SSSR count). The van der Waals surface area contributed by atoms with E-state index in [2.05, 4.69) is 0 Å². The minimum Gasteiger partial charge on any atom is -0.402 e. The second-order valence-electron chi connectivity index (χ2n) is 5.96. The molecule has 0 saturated heterocycles. The highest BCUT2D eigenvalue weighted by Gasteiger charge is 2.15. The minimum atomic E-state index is -2.17. The smallest absolute Gasteiger partial charge is 0.402 e. The van der Waals surface area contributed by atoms with Crippen molar-refractivity contribution in [2.75, 3.05) is 0 Å². The van der Waals surface area contributed by atoms with Crippen LogP contribution in [0.25, 0.3) is 0 Å². The molecule has 0 aliphatic heterocycles. The van der Waals surface area contributed by atoms with Crippen LogP contribution in [-0.2, 0) is 9.59 Å². The van der Waals surface area contributed by atoms with Gasteiger partial charge in [0.25, 0.3) is 0 Å². The zero-order valence-corrected chi connectivity index (χ0v) is 12.7. The van der Waals surface area contributed by atoms with Crippen molar-refractivity contribution in [2.45, 2.75) is 55.4 Å². The van der Waals surface area contributed by atoms with Crippen LogP contribution >= 0.6 is 0 Å². The second kappa shape index (κ2) is 9.25. The zero-order chi connectivity index (χ0) is 15.7. The Morgan fingerprint density at radius 2 is 0.778 bits per heavy atom. The Morgan fingerprint density at radius 1 is 0.722 bits per heavy atom. The Kier molecular flexibility index (Phi) is 11.5. The van der Waals surface area contributed by atoms with Crippen LogP contribution in [0.15, 0.2) is 0 Å². The van der Waals surface area contributed by atoms with Crippen LogP contribution in [0.2, 0.25) is 0 Å². The molecule has 0 aromatic rings. The molecule has 0 fully saturated rings. The lowest BCUT2D eigenvalue weighted by atomic mass is 9.92. The summed E-state index contributed by atoms with van der Waals surface area (Å²) in [5, 5.41) is 21.5. The van der Waals surface area contributed by atoms with Gasteiger partial charge in [-0.15, -0.1) is 0 Å². The van der Waals surface area contributed by atoms with E-state index in [-0.39, 0.29) is 22.4 Å². The van der Waals surface area contributed by atoms with Gasteiger partial charge in [0.15, 0.2) is 0 Å². The lowest BCUT2D eigenvalue weighted by Gasteiger charge is -2.11. The Morgan fingerprint density at radius 3 is 0.778 bits per heavy atom. The summed E-state index contributed by atoms with van der Waals surface area (Å²) in [5.74, 6) is 0.486. The molecule has 0 heterocycles. The first-order valence-electron chi connectivity index (χ1n) is 5.68. The molecule has 0 aliphatic carbocycles. The normalized spacial score (nSPS) is 10.4. The average Bonchev–Trinajstić information content (AvgIpc) is 1.99. The van der Waals surface area contributed by atoms with Gasteiger partial charge < -0.3 is 15.1 Å². The van der Waals surface area contributed by atoms with E-state index in [4.69, 9.17) is 15.1 Å². The van der Waals surface area contributed by atoms with E-state index in [0.717, 1.165) is 0 Å². The van der Waals surface area contributed by atoms with Crippen molar-refractivity contribution in [1.29, 1.82) is 0 Å². The standard InChI is InChI=1S/2C6H12O.BH3O3/c2*1-5(7)6(2,3)4;2-1(3)4/h2*1-4H3;2-4H. The van der Waals surface area contributed by atoms with Crippen LogP contribution in [-0.4, -0.2) is 34.0 Å². The van der Waals surface area contributed by atoms with Gasteiger partial charge in [-0.25, -0.2) is 0 Å². The van der Waals surface area contributed by atoms with E-state index in [1.807, 2.05) is 41.5 Å². The van der Waals surface area contributed by atoms with Gasteiger partial charge in [-0.1, -0.05) is 41.5 Å². The van der Waals surface area contributed by atoms with Gasteiger partial charge >= 0.3 is 7.32 Å². The minimum absolute atomic E-state index is 0.139. The van der Waals surface area contributed by atoms with Crippen LogP contribution in [0.4, 0.5) is 0 Å². The first kappa shape index (κ1) is 22.5. The van der Waals surface area contributed by atoms with E-state index in [1.165, 1.54) is 0 Å². The van der Waals surface area contributed by atoms with Gasteiger partial charge in [0.2, 0.25) is 0 Å². The Bertz CT molecular complexity index is 221. The number of rotatable bonds is 0. The summed E-state index contributed by atoms with van der Waals surface area (Å²) in [5.41, 5.74) is -0.278. The molecule has 0 unspecified atom stereocenters. The summed E-state index contributed by atoms with van der Waals surface area (Å²) < 4.78 is 0. The van der Waals surface area contributed by atoms with Crippen molar-refractivity contribution in [3.05, 3.63) is 0 Å². The third-order valence-corrected chi connectivity index (χ3v) is 2.11. The third kappa shape index (κ3) is 24.5. The molecule has 0 spiro atoms. The molecule has 0 aliphatic rings. The summed E-state index contributed by atoms with van der Waals surface area (Å²) in [6.45, 7) is 14.7. The third-order valence-electron chi connectivity index (χ3n) is 2.11. The molecule has 0 radical (unpaired) electrons. The summed E-state index contributed by atoms with van der Waals surface area (Å²) >= 11 is 0. The van der Waals surface area contributed by atoms with Gasteiger partial charge in [-0.3, -0.25) is 9.59 Å². The average molecular weight is 262 g/mol. The maximum Gasteiger partial charge on any atom is 0.631 e. The fourth-order valence-corrected chi connectivity index (χ4v) is 0. The molecule has 5 nitrogen and oxygen atoms in total. The molecule has 0 atom stereocenters. The molecule has 108 valence electrons. The molecule has 0 bridgehead atoms. The number of hydrogen-bond acceptors (Lipinski definition) is 5. The maximum absolute atomic E-state index is 10.5. The fourth-order valence-electron chi connectivity index (χ4n) is 0. The van der Waals surface area contributed by atoms with Crippen molar-refractivity contribution in [3.8, 4) is 0 Å². The molecule has 18 heavy (non-hydrogen) atoms. The number of carbonyl (C=O) groups is 2. The lowest BCUT2D eigenvalue weighted by Crippen LogP contribution is -2.15. The summed E-state index contributed by atoms with van der Waals surface area (Å²) in [6, 6.07) is 0. The van der Waals surface area contributed by atoms with Crippen molar-refractivity contribution in [1.82, 2.24) is 0 Å². The van der Waals surface area contributed by atoms with E-state index in [1.54, 1.807) is 13.8 Å². The summed E-state index contributed by atoms with van der Waals surface area (Å²) in [6.07, 6.45) is 0. The zero-order valence-electron chi connectivity index (χ0n) is 12.7. The van der Waals surface area contributed by atoms with Crippen LogP contribution in [0.3, 0.4) is 0 Å². The molecular formula is C12H27BO5. The molecule has 0 saturated carbocycles. The van der Waals surface area contributed by atoms with Crippen molar-refractivity contribution in [2.24, 2.45) is 10.8 Å². The van der Waals surface area contributed by atoms with Crippen LogP contribution in [0.5, 0.6) is 0 Å². The van der Waals surface area contributed by atoms with Gasteiger partial charge in [-0.05, 0) is 13.8 Å². The monoisotopic (exact) mass is 262 g/mol. The van der Waals surface area contributed by atoms with Crippen LogP contribution in [0.1, 0.15) is 55.4 Å². The van der Waals surface area contributed by atoms with E-state index < -0.39 is 7.32 Å². The molecule has 0 aromatic heterocycles. The first-order valence-corrected chi connectivity index (χ1v) is 5.68. The fraction of sp³-hybridized carbons (Fsp3) is 0.833. The van der Waals surface area contributed by atoms with E-state index in [0.29, 0.717) is 0 Å². The Balaban J connectivity index is -0.000000196. The van der Waals surface area contributed by atoms with Gasteiger partial charge in [0.1, 0.15) is 11.6 Å². The first-order chi connectivity index (χ1) is 7.62. The van der Waals surface area contributed by atoms with Crippen molar-refractivity contribution < 1.29 is 24.7 Å². The molecule has 6 heteroatoms. The second-order valence-corrected chi connectivity index (χ2v) is 5.96. The summed E-state index contributed by atoms with van der Waals surface area (Å²) in [7, 11) is -2.17. The largest absolute Gasteiger partial charge is 0.631 e. The van der Waals surface area contributed by atoms with E-state index >= 15 is 0 Å². The quantitative estimate of drug-likeness (QED) is 0.570.